The summed E-state index contributed by atoms with van der Waals surface area (Å²) in [6.07, 6.45) is 5.05. The van der Waals surface area contributed by atoms with Gasteiger partial charge in [0.15, 0.2) is 0 Å². The zero-order valence-electron chi connectivity index (χ0n) is 16.5. The SMILES string of the molecule is O=C(CCc1nc(-c2ccc(Cl)cc2)no1)NC(c1ccc(F)cc1)C1CCCC1. The van der Waals surface area contributed by atoms with Crippen molar-refractivity contribution in [1.29, 1.82) is 0 Å². The van der Waals surface area contributed by atoms with Crippen LogP contribution in [-0.4, -0.2) is 16.0 Å². The van der Waals surface area contributed by atoms with Gasteiger partial charge in [-0.25, -0.2) is 4.39 Å². The van der Waals surface area contributed by atoms with Gasteiger partial charge in [-0.15, -0.1) is 0 Å². The van der Waals surface area contributed by atoms with E-state index in [0.29, 0.717) is 29.1 Å². The molecule has 1 atom stereocenters. The highest BCUT2D eigenvalue weighted by atomic mass is 35.5. The first-order valence-electron chi connectivity index (χ1n) is 10.2. The van der Waals surface area contributed by atoms with Crippen molar-refractivity contribution < 1.29 is 13.7 Å². The number of carbonyl (C=O) groups is 1. The Balaban J connectivity index is 1.38. The van der Waals surface area contributed by atoms with Crippen molar-refractivity contribution in [1.82, 2.24) is 15.5 Å². The molecule has 1 aliphatic rings. The Bertz CT molecular complexity index is 982. The third kappa shape index (κ3) is 5.05. The quantitative estimate of drug-likeness (QED) is 0.539. The average molecular weight is 428 g/mol. The summed E-state index contributed by atoms with van der Waals surface area (Å²) in [7, 11) is 0. The number of carbonyl (C=O) groups excluding carboxylic acids is 1. The van der Waals surface area contributed by atoms with Crippen LogP contribution in [0.1, 0.15) is 49.6 Å². The molecule has 2 aromatic carbocycles. The van der Waals surface area contributed by atoms with E-state index in [0.717, 1.165) is 36.8 Å². The van der Waals surface area contributed by atoms with Crippen LogP contribution in [0.5, 0.6) is 0 Å². The molecular weight excluding hydrogens is 405 g/mol. The number of hydrogen-bond acceptors (Lipinski definition) is 4. The summed E-state index contributed by atoms with van der Waals surface area (Å²) in [4.78, 5) is 17.0. The molecule has 1 unspecified atom stereocenters. The molecule has 4 rings (SSSR count). The molecule has 1 heterocycles. The molecule has 0 radical (unpaired) electrons. The van der Waals surface area contributed by atoms with Gasteiger partial charge in [-0.3, -0.25) is 4.79 Å². The van der Waals surface area contributed by atoms with E-state index < -0.39 is 0 Å². The van der Waals surface area contributed by atoms with E-state index in [1.165, 1.54) is 12.1 Å². The van der Waals surface area contributed by atoms with E-state index in [-0.39, 0.29) is 24.2 Å². The number of rotatable bonds is 7. The second-order valence-corrected chi connectivity index (χ2v) is 8.10. The number of nitrogens with one attached hydrogen (secondary N) is 1. The Morgan fingerprint density at radius 2 is 1.83 bits per heavy atom. The van der Waals surface area contributed by atoms with Gasteiger partial charge in [-0.05, 0) is 60.7 Å². The monoisotopic (exact) mass is 427 g/mol. The minimum atomic E-state index is -0.275. The lowest BCUT2D eigenvalue weighted by molar-refractivity contribution is -0.122. The van der Waals surface area contributed by atoms with Crippen LogP contribution in [0, 0.1) is 11.7 Å². The molecule has 0 spiro atoms. The van der Waals surface area contributed by atoms with Gasteiger partial charge in [0, 0.05) is 23.4 Å². The summed E-state index contributed by atoms with van der Waals surface area (Å²) >= 11 is 5.90. The lowest BCUT2D eigenvalue weighted by atomic mass is 9.91. The third-order valence-electron chi connectivity index (χ3n) is 5.55. The van der Waals surface area contributed by atoms with E-state index in [2.05, 4.69) is 15.5 Å². The normalized spacial score (nSPS) is 15.3. The molecular formula is C23H23ClFN3O2. The number of nitrogens with zero attached hydrogens (tertiary/aromatic N) is 2. The lowest BCUT2D eigenvalue weighted by Crippen LogP contribution is -2.32. The van der Waals surface area contributed by atoms with E-state index in [4.69, 9.17) is 16.1 Å². The molecule has 0 bridgehead atoms. The summed E-state index contributed by atoms with van der Waals surface area (Å²) < 4.78 is 18.6. The van der Waals surface area contributed by atoms with Crippen molar-refractivity contribution >= 4 is 17.5 Å². The zero-order valence-corrected chi connectivity index (χ0v) is 17.2. The lowest BCUT2D eigenvalue weighted by Gasteiger charge is -2.25. The van der Waals surface area contributed by atoms with Gasteiger partial charge in [-0.2, -0.15) is 4.98 Å². The summed E-state index contributed by atoms with van der Waals surface area (Å²) in [6, 6.07) is 13.5. The molecule has 7 heteroatoms. The highest BCUT2D eigenvalue weighted by Gasteiger charge is 2.27. The maximum Gasteiger partial charge on any atom is 0.227 e. The number of aromatic nitrogens is 2. The number of hydrogen-bond donors (Lipinski definition) is 1. The van der Waals surface area contributed by atoms with Gasteiger partial charge < -0.3 is 9.84 Å². The van der Waals surface area contributed by atoms with Gasteiger partial charge in [-0.1, -0.05) is 41.7 Å². The van der Waals surface area contributed by atoms with Crippen molar-refractivity contribution in [3.05, 3.63) is 70.8 Å². The Kier molecular flexibility index (Phi) is 6.43. The Morgan fingerprint density at radius 3 is 2.53 bits per heavy atom. The summed E-state index contributed by atoms with van der Waals surface area (Å²) in [5.41, 5.74) is 1.75. The number of aryl methyl sites for hydroxylation is 1. The minimum Gasteiger partial charge on any atom is -0.349 e. The molecule has 0 aliphatic heterocycles. The molecule has 0 saturated heterocycles. The Morgan fingerprint density at radius 1 is 1.13 bits per heavy atom. The fraction of sp³-hybridized carbons (Fsp3) is 0.348. The number of amides is 1. The van der Waals surface area contributed by atoms with Gasteiger partial charge >= 0.3 is 0 Å². The highest BCUT2D eigenvalue weighted by Crippen LogP contribution is 2.36. The summed E-state index contributed by atoms with van der Waals surface area (Å²) in [5.74, 6) is 0.899. The predicted octanol–water partition coefficient (Wildman–Crippen LogP) is 5.51. The zero-order chi connectivity index (χ0) is 20.9. The molecule has 156 valence electrons. The molecule has 1 fully saturated rings. The van der Waals surface area contributed by atoms with Gasteiger partial charge in [0.25, 0.3) is 0 Å². The molecule has 1 N–H and O–H groups in total. The van der Waals surface area contributed by atoms with Gasteiger partial charge in [0.2, 0.25) is 17.6 Å². The van der Waals surface area contributed by atoms with Crippen molar-refractivity contribution in [2.75, 3.05) is 0 Å². The standard InChI is InChI=1S/C23H23ClFN3O2/c24-18-9-5-17(6-10-18)23-27-21(30-28-23)14-13-20(29)26-22(15-3-1-2-4-15)16-7-11-19(25)12-8-16/h5-12,15,22H,1-4,13-14H2,(H,26,29). The number of benzene rings is 2. The summed E-state index contributed by atoms with van der Waals surface area (Å²) in [6.45, 7) is 0. The predicted molar refractivity (Wildman–Crippen MR) is 112 cm³/mol. The minimum absolute atomic E-state index is 0.0810. The highest BCUT2D eigenvalue weighted by molar-refractivity contribution is 6.30. The van der Waals surface area contributed by atoms with Crippen LogP contribution in [0.15, 0.2) is 53.1 Å². The fourth-order valence-corrected chi connectivity index (χ4v) is 4.10. The second-order valence-electron chi connectivity index (χ2n) is 7.66. The molecule has 1 amide bonds. The topological polar surface area (TPSA) is 68.0 Å². The van der Waals surface area contributed by atoms with Crippen LogP contribution >= 0.6 is 11.6 Å². The molecule has 5 nitrogen and oxygen atoms in total. The van der Waals surface area contributed by atoms with Crippen LogP contribution in [-0.2, 0) is 11.2 Å². The average Bonchev–Trinajstić information content (AvgIpc) is 3.44. The van der Waals surface area contributed by atoms with Crippen LogP contribution in [0.3, 0.4) is 0 Å². The van der Waals surface area contributed by atoms with Crippen LogP contribution < -0.4 is 5.32 Å². The van der Waals surface area contributed by atoms with Gasteiger partial charge in [0.05, 0.1) is 6.04 Å². The van der Waals surface area contributed by atoms with Crippen molar-refractivity contribution in [2.24, 2.45) is 5.92 Å². The Labute approximate surface area is 179 Å². The van der Waals surface area contributed by atoms with E-state index in [1.54, 1.807) is 24.3 Å². The molecule has 1 aliphatic carbocycles. The molecule has 1 aromatic heterocycles. The van der Waals surface area contributed by atoms with Crippen LogP contribution in [0.2, 0.25) is 5.02 Å². The first kappa shape index (κ1) is 20.5. The maximum absolute atomic E-state index is 13.3. The van der Waals surface area contributed by atoms with Crippen molar-refractivity contribution in [3.8, 4) is 11.4 Å². The van der Waals surface area contributed by atoms with E-state index in [9.17, 15) is 9.18 Å². The first-order valence-corrected chi connectivity index (χ1v) is 10.6. The van der Waals surface area contributed by atoms with Gasteiger partial charge in [0.1, 0.15) is 5.82 Å². The smallest absolute Gasteiger partial charge is 0.227 e. The van der Waals surface area contributed by atoms with E-state index >= 15 is 0 Å². The second kappa shape index (κ2) is 9.39. The molecule has 30 heavy (non-hydrogen) atoms. The molecule has 3 aromatic rings. The largest absolute Gasteiger partial charge is 0.349 e. The summed E-state index contributed by atoms with van der Waals surface area (Å²) in [5, 5.41) is 7.76. The molecule has 1 saturated carbocycles. The first-order chi connectivity index (χ1) is 14.6. The van der Waals surface area contributed by atoms with Crippen LogP contribution in [0.25, 0.3) is 11.4 Å². The van der Waals surface area contributed by atoms with E-state index in [1.807, 2.05) is 12.1 Å². The third-order valence-corrected chi connectivity index (χ3v) is 5.81. The Hall–Kier alpha value is -2.73. The van der Waals surface area contributed by atoms with Crippen molar-refractivity contribution in [3.63, 3.8) is 0 Å². The maximum atomic E-state index is 13.3. The van der Waals surface area contributed by atoms with Crippen LogP contribution in [0.4, 0.5) is 4.39 Å². The fourth-order valence-electron chi connectivity index (χ4n) is 3.97. The number of halogens is 2. The van der Waals surface area contributed by atoms with Crippen molar-refractivity contribution in [2.45, 2.75) is 44.6 Å².